The van der Waals surface area contributed by atoms with Crippen LogP contribution >= 0.6 is 27.3 Å². The molecule has 1 aliphatic heterocycles. The van der Waals surface area contributed by atoms with E-state index in [0.29, 0.717) is 30.5 Å². The summed E-state index contributed by atoms with van der Waals surface area (Å²) in [6, 6.07) is 19.6. The van der Waals surface area contributed by atoms with Gasteiger partial charge in [-0.3, -0.25) is 9.59 Å². The number of aryl methyl sites for hydroxylation is 1. The van der Waals surface area contributed by atoms with E-state index in [1.807, 2.05) is 24.3 Å². The standard InChI is InChI=1S/C29H26BrN3O3S/c30-21-9-4-8-19(14-21)25(34)27(36)33-13-5-10-23-22(16-33)26(35)32-28(31-23)29(11-12-29)24-15-20(17-37-24)18-6-2-1-3-7-18/h1-4,6-9,14-15,17,25,34H,5,10-13,16H2,(H,31,32,35). The van der Waals surface area contributed by atoms with Crippen LogP contribution in [0.1, 0.15) is 52.9 Å². The summed E-state index contributed by atoms with van der Waals surface area (Å²) in [7, 11) is 0. The van der Waals surface area contributed by atoms with Crippen molar-refractivity contribution in [3.8, 4) is 11.1 Å². The number of aromatic nitrogens is 2. The normalized spacial score (nSPS) is 17.1. The summed E-state index contributed by atoms with van der Waals surface area (Å²) in [5.74, 6) is 0.326. The minimum absolute atomic E-state index is 0.145. The van der Waals surface area contributed by atoms with Crippen LogP contribution in [0.15, 0.2) is 75.3 Å². The van der Waals surface area contributed by atoms with Crippen molar-refractivity contribution >= 4 is 33.2 Å². The SMILES string of the molecule is O=C(C(O)c1cccc(Br)c1)N1CCCc2nc(C3(c4cc(-c5ccccc5)cs4)CC3)[nH]c(=O)c2C1. The fraction of sp³-hybridized carbons (Fsp3) is 0.276. The van der Waals surface area contributed by atoms with Gasteiger partial charge in [-0.2, -0.15) is 0 Å². The second-order valence-corrected chi connectivity index (χ2v) is 11.6. The number of rotatable bonds is 5. The lowest BCUT2D eigenvalue weighted by atomic mass is 10.0. The van der Waals surface area contributed by atoms with Crippen molar-refractivity contribution in [3.05, 3.63) is 108 Å². The highest BCUT2D eigenvalue weighted by Gasteiger charge is 2.50. The summed E-state index contributed by atoms with van der Waals surface area (Å²) in [6.45, 7) is 0.609. The molecule has 2 aliphatic rings. The van der Waals surface area contributed by atoms with Crippen molar-refractivity contribution in [1.82, 2.24) is 14.9 Å². The van der Waals surface area contributed by atoms with Crippen LogP contribution in [-0.2, 0) is 23.2 Å². The molecule has 6 rings (SSSR count). The third-order valence-electron chi connectivity index (χ3n) is 7.38. The Morgan fingerprint density at radius 3 is 2.68 bits per heavy atom. The van der Waals surface area contributed by atoms with Gasteiger partial charge in [0.05, 0.1) is 23.2 Å². The first-order valence-corrected chi connectivity index (χ1v) is 14.1. The number of fused-ring (bicyclic) bond motifs is 1. The third-order valence-corrected chi connectivity index (χ3v) is 9.01. The molecule has 0 radical (unpaired) electrons. The van der Waals surface area contributed by atoms with Crippen LogP contribution in [-0.4, -0.2) is 32.4 Å². The van der Waals surface area contributed by atoms with Crippen LogP contribution in [0.5, 0.6) is 0 Å². The van der Waals surface area contributed by atoms with Gasteiger partial charge in [-0.1, -0.05) is 58.4 Å². The van der Waals surface area contributed by atoms with Crippen molar-refractivity contribution < 1.29 is 9.90 Å². The van der Waals surface area contributed by atoms with Gasteiger partial charge in [0.1, 0.15) is 5.82 Å². The van der Waals surface area contributed by atoms with Gasteiger partial charge in [0.25, 0.3) is 11.5 Å². The lowest BCUT2D eigenvalue weighted by molar-refractivity contribution is -0.141. The van der Waals surface area contributed by atoms with E-state index >= 15 is 0 Å². The molecule has 2 aromatic carbocycles. The maximum atomic E-state index is 13.3. The Bertz CT molecular complexity index is 1530. The van der Waals surface area contributed by atoms with Gasteiger partial charge in [-0.15, -0.1) is 11.3 Å². The number of hydrogen-bond donors (Lipinski definition) is 2. The number of aliphatic hydroxyl groups excluding tert-OH is 1. The van der Waals surface area contributed by atoms with Crippen molar-refractivity contribution in [2.24, 2.45) is 0 Å². The zero-order chi connectivity index (χ0) is 25.6. The molecule has 1 amide bonds. The Kier molecular flexibility index (Phi) is 6.34. The summed E-state index contributed by atoms with van der Waals surface area (Å²) < 4.78 is 0.793. The molecule has 0 saturated heterocycles. The van der Waals surface area contributed by atoms with Gasteiger partial charge < -0.3 is 15.0 Å². The van der Waals surface area contributed by atoms with Crippen LogP contribution in [0.4, 0.5) is 0 Å². The van der Waals surface area contributed by atoms with E-state index in [0.717, 1.165) is 28.8 Å². The topological polar surface area (TPSA) is 86.3 Å². The van der Waals surface area contributed by atoms with Crippen molar-refractivity contribution in [1.29, 1.82) is 0 Å². The molecule has 2 N–H and O–H groups in total. The van der Waals surface area contributed by atoms with E-state index < -0.39 is 12.0 Å². The Labute approximate surface area is 227 Å². The Balaban J connectivity index is 1.27. The number of aromatic amines is 1. The quantitative estimate of drug-likeness (QED) is 0.336. The van der Waals surface area contributed by atoms with Crippen LogP contribution in [0.25, 0.3) is 11.1 Å². The van der Waals surface area contributed by atoms with Gasteiger partial charge in [0.15, 0.2) is 6.10 Å². The van der Waals surface area contributed by atoms with Crippen LogP contribution in [0.2, 0.25) is 0 Å². The highest BCUT2D eigenvalue weighted by atomic mass is 79.9. The summed E-state index contributed by atoms with van der Waals surface area (Å²) in [6.07, 6.45) is 1.93. The highest BCUT2D eigenvalue weighted by Crippen LogP contribution is 2.54. The number of halogens is 1. The maximum absolute atomic E-state index is 13.3. The van der Waals surface area contributed by atoms with Crippen molar-refractivity contribution in [2.75, 3.05) is 6.54 Å². The van der Waals surface area contributed by atoms with E-state index in [-0.39, 0.29) is 17.5 Å². The number of H-pyrrole nitrogens is 1. The molecule has 8 heteroatoms. The second-order valence-electron chi connectivity index (χ2n) is 9.81. The number of nitrogens with zero attached hydrogens (tertiary/aromatic N) is 2. The molecule has 1 atom stereocenters. The monoisotopic (exact) mass is 575 g/mol. The molecule has 1 aliphatic carbocycles. The first kappa shape index (κ1) is 24.3. The Hall–Kier alpha value is -3.07. The molecule has 1 unspecified atom stereocenters. The second kappa shape index (κ2) is 9.67. The molecule has 0 bridgehead atoms. The third kappa shape index (κ3) is 4.58. The predicted molar refractivity (Wildman–Crippen MR) is 147 cm³/mol. The minimum atomic E-state index is -1.28. The fourth-order valence-electron chi connectivity index (χ4n) is 5.12. The average Bonchev–Trinajstić information content (AvgIpc) is 3.63. The van der Waals surface area contributed by atoms with Crippen LogP contribution in [0, 0.1) is 0 Å². The molecule has 37 heavy (non-hydrogen) atoms. The van der Waals surface area contributed by atoms with E-state index in [1.54, 1.807) is 34.4 Å². The number of amides is 1. The molecule has 0 spiro atoms. The number of carbonyl (C=O) groups is 1. The van der Waals surface area contributed by atoms with Crippen LogP contribution < -0.4 is 5.56 Å². The van der Waals surface area contributed by atoms with Gasteiger partial charge in [-0.25, -0.2) is 4.98 Å². The van der Waals surface area contributed by atoms with E-state index in [1.165, 1.54) is 16.0 Å². The average molecular weight is 577 g/mol. The van der Waals surface area contributed by atoms with E-state index in [2.05, 4.69) is 44.5 Å². The molecule has 1 fully saturated rings. The molecule has 2 aromatic heterocycles. The number of benzene rings is 2. The van der Waals surface area contributed by atoms with Gasteiger partial charge in [0, 0.05) is 15.9 Å². The summed E-state index contributed by atoms with van der Waals surface area (Å²) in [5.41, 5.74) is 3.72. The first-order valence-electron chi connectivity index (χ1n) is 12.4. The largest absolute Gasteiger partial charge is 0.378 e. The summed E-state index contributed by atoms with van der Waals surface area (Å²) in [4.78, 5) is 37.3. The molecule has 6 nitrogen and oxygen atoms in total. The molecule has 4 aromatic rings. The van der Waals surface area contributed by atoms with Crippen molar-refractivity contribution in [2.45, 2.75) is 43.7 Å². The number of thiophene rings is 1. The highest BCUT2D eigenvalue weighted by molar-refractivity contribution is 9.10. The van der Waals surface area contributed by atoms with Gasteiger partial charge in [0.2, 0.25) is 0 Å². The number of aliphatic hydroxyl groups is 1. The smallest absolute Gasteiger partial charge is 0.256 e. The van der Waals surface area contributed by atoms with E-state index in [9.17, 15) is 14.7 Å². The van der Waals surface area contributed by atoms with Gasteiger partial charge in [-0.05, 0) is 66.0 Å². The van der Waals surface area contributed by atoms with Gasteiger partial charge >= 0.3 is 0 Å². The molecular weight excluding hydrogens is 550 g/mol. The fourth-order valence-corrected chi connectivity index (χ4v) is 6.72. The number of hydrogen-bond acceptors (Lipinski definition) is 5. The zero-order valence-corrected chi connectivity index (χ0v) is 22.5. The number of carbonyl (C=O) groups excluding carboxylic acids is 1. The summed E-state index contributed by atoms with van der Waals surface area (Å²) >= 11 is 5.10. The predicted octanol–water partition coefficient (Wildman–Crippen LogP) is 5.35. The van der Waals surface area contributed by atoms with Crippen LogP contribution in [0.3, 0.4) is 0 Å². The molecule has 1 saturated carbocycles. The van der Waals surface area contributed by atoms with E-state index in [4.69, 9.17) is 4.98 Å². The lowest BCUT2D eigenvalue weighted by Crippen LogP contribution is -2.36. The minimum Gasteiger partial charge on any atom is -0.378 e. The Morgan fingerprint density at radius 1 is 1.11 bits per heavy atom. The summed E-state index contributed by atoms with van der Waals surface area (Å²) in [5, 5.41) is 12.9. The molecule has 3 heterocycles. The zero-order valence-electron chi connectivity index (χ0n) is 20.1. The lowest BCUT2D eigenvalue weighted by Gasteiger charge is -2.24. The molecule has 188 valence electrons. The molecular formula is C29H26BrN3O3S. The number of nitrogens with one attached hydrogen (secondary N) is 1. The maximum Gasteiger partial charge on any atom is 0.256 e. The first-order chi connectivity index (χ1) is 17.9. The Morgan fingerprint density at radius 2 is 1.92 bits per heavy atom. The van der Waals surface area contributed by atoms with Crippen molar-refractivity contribution in [3.63, 3.8) is 0 Å².